The molecule has 3 aromatic rings. The lowest BCUT2D eigenvalue weighted by Crippen LogP contribution is -2.46. The molecule has 26 heavy (non-hydrogen) atoms. The number of hydrogen-bond acceptors (Lipinski definition) is 4. The number of rotatable bonds is 4. The number of fused-ring (bicyclic) bond motifs is 1. The van der Waals surface area contributed by atoms with Crippen molar-refractivity contribution < 1.29 is 0 Å². The molecule has 1 N–H and O–H groups in total. The third-order valence-electron chi connectivity index (χ3n) is 5.27. The molecule has 0 atom stereocenters. The molecule has 134 valence electrons. The molecule has 2 heterocycles. The molecule has 1 aliphatic heterocycles. The number of hydrogen-bond donors (Lipinski definition) is 1. The van der Waals surface area contributed by atoms with Gasteiger partial charge in [0.25, 0.3) is 0 Å². The Labute approximate surface area is 155 Å². The van der Waals surface area contributed by atoms with Gasteiger partial charge in [0.05, 0.1) is 11.9 Å². The van der Waals surface area contributed by atoms with E-state index in [1.165, 1.54) is 16.3 Å². The van der Waals surface area contributed by atoms with Gasteiger partial charge in [0, 0.05) is 42.6 Å². The van der Waals surface area contributed by atoms with Crippen molar-refractivity contribution in [3.05, 3.63) is 60.3 Å². The summed E-state index contributed by atoms with van der Waals surface area (Å²) in [4.78, 5) is 9.79. The van der Waals surface area contributed by atoms with E-state index in [2.05, 4.69) is 59.3 Å². The molecule has 0 bridgehead atoms. The second kappa shape index (κ2) is 7.34. The Hall–Kier alpha value is -2.59. The van der Waals surface area contributed by atoms with Crippen molar-refractivity contribution in [1.82, 2.24) is 9.88 Å². The summed E-state index contributed by atoms with van der Waals surface area (Å²) in [5, 5.41) is 6.04. The molecule has 2 aromatic carbocycles. The van der Waals surface area contributed by atoms with Gasteiger partial charge < -0.3 is 15.1 Å². The van der Waals surface area contributed by atoms with Crippen molar-refractivity contribution in [2.24, 2.45) is 0 Å². The lowest BCUT2D eigenvalue weighted by molar-refractivity contribution is 0.271. The van der Waals surface area contributed by atoms with Crippen LogP contribution in [0.2, 0.25) is 0 Å². The largest absolute Gasteiger partial charge is 0.354 e. The number of para-hydroxylation sites is 1. The van der Waals surface area contributed by atoms with E-state index < -0.39 is 0 Å². The molecular weight excluding hydrogens is 320 g/mol. The van der Waals surface area contributed by atoms with E-state index in [0.29, 0.717) is 0 Å². The summed E-state index contributed by atoms with van der Waals surface area (Å²) in [7, 11) is 0. The maximum atomic E-state index is 4.86. The van der Waals surface area contributed by atoms with Gasteiger partial charge in [-0.2, -0.15) is 0 Å². The summed E-state index contributed by atoms with van der Waals surface area (Å²) in [6.07, 6.45) is 1.99. The first-order valence-corrected chi connectivity index (χ1v) is 9.44. The number of pyridine rings is 1. The minimum Gasteiger partial charge on any atom is -0.354 e. The van der Waals surface area contributed by atoms with E-state index in [1.54, 1.807) is 0 Å². The number of likely N-dealkylation sites (N-methyl/N-ethyl adjacent to an activating group) is 1. The maximum Gasteiger partial charge on any atom is 0.136 e. The van der Waals surface area contributed by atoms with Gasteiger partial charge in [-0.15, -0.1) is 0 Å². The van der Waals surface area contributed by atoms with Crippen LogP contribution in [0.15, 0.2) is 54.7 Å². The Balaban J connectivity index is 1.73. The highest BCUT2D eigenvalue weighted by molar-refractivity contribution is 6.03. The summed E-state index contributed by atoms with van der Waals surface area (Å²) in [6, 6.07) is 16.8. The molecule has 0 aliphatic carbocycles. The molecule has 0 unspecified atom stereocenters. The minimum atomic E-state index is 1.04. The Kier molecular flexibility index (Phi) is 4.76. The normalized spacial score (nSPS) is 15.4. The first-order valence-electron chi connectivity index (χ1n) is 9.44. The van der Waals surface area contributed by atoms with Crippen molar-refractivity contribution in [2.45, 2.75) is 13.8 Å². The van der Waals surface area contributed by atoms with Crippen LogP contribution in [0.25, 0.3) is 10.8 Å². The number of nitrogens with zero attached hydrogens (tertiary/aromatic N) is 3. The van der Waals surface area contributed by atoms with Crippen LogP contribution in [0.1, 0.15) is 12.5 Å². The summed E-state index contributed by atoms with van der Waals surface area (Å²) in [5.74, 6) is 1.11. The number of nitrogens with one attached hydrogen (secondary N) is 1. The van der Waals surface area contributed by atoms with Crippen molar-refractivity contribution in [2.75, 3.05) is 42.9 Å². The van der Waals surface area contributed by atoms with Gasteiger partial charge in [0.1, 0.15) is 5.82 Å². The zero-order chi connectivity index (χ0) is 17.9. The summed E-state index contributed by atoms with van der Waals surface area (Å²) in [5.41, 5.74) is 3.43. The third kappa shape index (κ3) is 3.25. The number of benzene rings is 2. The van der Waals surface area contributed by atoms with Crippen LogP contribution in [0, 0.1) is 6.92 Å². The molecular formula is C22H26N4. The quantitative estimate of drug-likeness (QED) is 0.757. The molecule has 1 aliphatic rings. The molecule has 1 aromatic heterocycles. The fourth-order valence-corrected chi connectivity index (χ4v) is 3.77. The van der Waals surface area contributed by atoms with Crippen LogP contribution in [-0.2, 0) is 0 Å². The average molecular weight is 346 g/mol. The van der Waals surface area contributed by atoms with Crippen LogP contribution in [0.3, 0.4) is 0 Å². The zero-order valence-corrected chi connectivity index (χ0v) is 15.6. The molecule has 1 fully saturated rings. The molecule has 4 nitrogen and oxygen atoms in total. The zero-order valence-electron chi connectivity index (χ0n) is 15.6. The predicted octanol–water partition coefficient (Wildman–Crippen LogP) is 4.43. The van der Waals surface area contributed by atoms with Gasteiger partial charge in [0.15, 0.2) is 0 Å². The SMILES string of the molecule is CCN1CCN(c2ncc(Nc3ccccc3)c3c(C)cccc23)CC1. The van der Waals surface area contributed by atoms with E-state index in [4.69, 9.17) is 4.98 Å². The topological polar surface area (TPSA) is 31.4 Å². The van der Waals surface area contributed by atoms with Gasteiger partial charge in [-0.05, 0) is 31.2 Å². The van der Waals surface area contributed by atoms with Crippen LogP contribution in [-0.4, -0.2) is 42.6 Å². The highest BCUT2D eigenvalue weighted by Crippen LogP contribution is 2.34. The van der Waals surface area contributed by atoms with Crippen LogP contribution >= 0.6 is 0 Å². The molecule has 0 amide bonds. The van der Waals surface area contributed by atoms with Crippen molar-refractivity contribution in [3.63, 3.8) is 0 Å². The van der Waals surface area contributed by atoms with E-state index in [1.807, 2.05) is 24.4 Å². The number of piperazine rings is 1. The lowest BCUT2D eigenvalue weighted by Gasteiger charge is -2.35. The second-order valence-electron chi connectivity index (χ2n) is 6.91. The Bertz CT molecular complexity index is 883. The number of anilines is 3. The molecule has 0 spiro atoms. The average Bonchev–Trinajstić information content (AvgIpc) is 2.69. The van der Waals surface area contributed by atoms with E-state index in [9.17, 15) is 0 Å². The second-order valence-corrected chi connectivity index (χ2v) is 6.91. The number of aryl methyl sites for hydroxylation is 1. The van der Waals surface area contributed by atoms with Crippen LogP contribution < -0.4 is 10.2 Å². The van der Waals surface area contributed by atoms with Crippen LogP contribution in [0.4, 0.5) is 17.2 Å². The molecule has 4 rings (SSSR count). The lowest BCUT2D eigenvalue weighted by atomic mass is 10.0. The van der Waals surface area contributed by atoms with Crippen LogP contribution in [0.5, 0.6) is 0 Å². The molecule has 4 heteroatoms. The van der Waals surface area contributed by atoms with Gasteiger partial charge >= 0.3 is 0 Å². The van der Waals surface area contributed by atoms with E-state index in [0.717, 1.165) is 49.9 Å². The van der Waals surface area contributed by atoms with Crippen molar-refractivity contribution in [1.29, 1.82) is 0 Å². The monoisotopic (exact) mass is 346 g/mol. The summed E-state index contributed by atoms with van der Waals surface area (Å²) in [6.45, 7) is 9.82. The van der Waals surface area contributed by atoms with Gasteiger partial charge in [0.2, 0.25) is 0 Å². The van der Waals surface area contributed by atoms with E-state index in [-0.39, 0.29) is 0 Å². The van der Waals surface area contributed by atoms with Crippen molar-refractivity contribution >= 4 is 28.0 Å². The standard InChI is InChI=1S/C22H26N4/c1-3-25-12-14-26(15-13-25)22-19-11-7-8-17(2)21(19)20(16-23-22)24-18-9-5-4-6-10-18/h4-11,16,24H,3,12-15H2,1-2H3. The third-order valence-corrected chi connectivity index (χ3v) is 5.27. The van der Waals surface area contributed by atoms with Gasteiger partial charge in [-0.25, -0.2) is 4.98 Å². The molecule has 1 saturated heterocycles. The Morgan fingerprint density at radius 2 is 1.73 bits per heavy atom. The highest BCUT2D eigenvalue weighted by Gasteiger charge is 2.20. The Morgan fingerprint density at radius 3 is 2.46 bits per heavy atom. The first-order chi connectivity index (χ1) is 12.8. The fourth-order valence-electron chi connectivity index (χ4n) is 3.77. The maximum absolute atomic E-state index is 4.86. The predicted molar refractivity (Wildman–Crippen MR) is 111 cm³/mol. The van der Waals surface area contributed by atoms with Crippen molar-refractivity contribution in [3.8, 4) is 0 Å². The Morgan fingerprint density at radius 1 is 0.962 bits per heavy atom. The summed E-state index contributed by atoms with van der Waals surface area (Å²) < 4.78 is 0. The van der Waals surface area contributed by atoms with Gasteiger partial charge in [-0.1, -0.05) is 43.3 Å². The fraction of sp³-hybridized carbons (Fsp3) is 0.318. The molecule has 0 saturated carbocycles. The smallest absolute Gasteiger partial charge is 0.136 e. The first kappa shape index (κ1) is 16.9. The van der Waals surface area contributed by atoms with Gasteiger partial charge in [-0.3, -0.25) is 0 Å². The molecule has 0 radical (unpaired) electrons. The highest BCUT2D eigenvalue weighted by atomic mass is 15.3. The number of aromatic nitrogens is 1. The minimum absolute atomic E-state index is 1.04. The summed E-state index contributed by atoms with van der Waals surface area (Å²) >= 11 is 0. The van der Waals surface area contributed by atoms with E-state index >= 15 is 0 Å².